The fourth-order valence-electron chi connectivity index (χ4n) is 4.41. The molecule has 0 N–H and O–H groups in total. The highest BCUT2D eigenvalue weighted by atomic mass is 14.2. The fraction of sp³-hybridized carbons (Fsp3) is 0.385. The quantitative estimate of drug-likeness (QED) is 0.644. The van der Waals surface area contributed by atoms with E-state index in [1.165, 1.54) is 71.2 Å². The molecule has 2 aliphatic rings. The maximum Gasteiger partial charge on any atom is -0.00994 e. The van der Waals surface area contributed by atoms with Gasteiger partial charge in [0.25, 0.3) is 0 Å². The van der Waals surface area contributed by atoms with Crippen LogP contribution >= 0.6 is 0 Å². The average molecular weight is 343 g/mol. The third kappa shape index (κ3) is 3.56. The minimum absolute atomic E-state index is 0.635. The van der Waals surface area contributed by atoms with Gasteiger partial charge in [-0.3, -0.25) is 0 Å². The number of benzene rings is 2. The summed E-state index contributed by atoms with van der Waals surface area (Å²) in [5, 5.41) is 2.77. The van der Waals surface area contributed by atoms with E-state index in [0.717, 1.165) is 5.92 Å². The van der Waals surface area contributed by atoms with Crippen LogP contribution in [0.3, 0.4) is 0 Å². The Morgan fingerprint density at radius 2 is 1.73 bits per heavy atom. The first-order valence-corrected chi connectivity index (χ1v) is 10.4. The Hall–Kier alpha value is -2.08. The first kappa shape index (κ1) is 17.3. The first-order valence-electron chi connectivity index (χ1n) is 10.4. The molecule has 2 aromatic carbocycles. The SMILES string of the molecule is CCC(C)c1ccc(-c2cccc3c2=CC(=CC2CCCCC2)C=3)cc1. The molecule has 26 heavy (non-hydrogen) atoms. The van der Waals surface area contributed by atoms with Crippen molar-refractivity contribution in [2.75, 3.05) is 0 Å². The highest BCUT2D eigenvalue weighted by Gasteiger charge is 2.13. The molecule has 4 rings (SSSR count). The molecule has 0 aromatic heterocycles. The Balaban J connectivity index is 1.68. The fourth-order valence-corrected chi connectivity index (χ4v) is 4.41. The zero-order chi connectivity index (χ0) is 17.9. The lowest BCUT2D eigenvalue weighted by molar-refractivity contribution is 0.419. The average Bonchev–Trinajstić information content (AvgIpc) is 3.10. The van der Waals surface area contributed by atoms with E-state index in [0.29, 0.717) is 5.92 Å². The van der Waals surface area contributed by atoms with Gasteiger partial charge >= 0.3 is 0 Å². The smallest absolute Gasteiger partial charge is 0.00994 e. The Kier molecular flexibility index (Phi) is 5.11. The van der Waals surface area contributed by atoms with Gasteiger partial charge in [-0.05, 0) is 76.0 Å². The third-order valence-electron chi connectivity index (χ3n) is 6.25. The van der Waals surface area contributed by atoms with Gasteiger partial charge in [-0.15, -0.1) is 0 Å². The second-order valence-electron chi connectivity index (χ2n) is 8.09. The highest BCUT2D eigenvalue weighted by molar-refractivity contribution is 5.77. The van der Waals surface area contributed by atoms with Crippen molar-refractivity contribution >= 4 is 12.2 Å². The summed E-state index contributed by atoms with van der Waals surface area (Å²) in [6, 6.07) is 15.9. The lowest BCUT2D eigenvalue weighted by Gasteiger charge is -2.18. The van der Waals surface area contributed by atoms with Gasteiger partial charge in [-0.25, -0.2) is 0 Å². The second kappa shape index (κ2) is 7.66. The van der Waals surface area contributed by atoms with Crippen LogP contribution in [0.25, 0.3) is 23.3 Å². The topological polar surface area (TPSA) is 0 Å². The molecule has 0 nitrogen and oxygen atoms in total. The predicted molar refractivity (Wildman–Crippen MR) is 113 cm³/mol. The van der Waals surface area contributed by atoms with E-state index in [1.807, 2.05) is 0 Å². The summed E-state index contributed by atoms with van der Waals surface area (Å²) in [5.74, 6) is 1.41. The monoisotopic (exact) mass is 342 g/mol. The van der Waals surface area contributed by atoms with Crippen LogP contribution in [0.5, 0.6) is 0 Å². The number of fused-ring (bicyclic) bond motifs is 1. The molecule has 0 spiro atoms. The summed E-state index contributed by atoms with van der Waals surface area (Å²) in [7, 11) is 0. The molecule has 1 fully saturated rings. The molecular formula is C26H30. The molecule has 0 amide bonds. The number of rotatable bonds is 4. The molecular weight excluding hydrogens is 312 g/mol. The summed E-state index contributed by atoms with van der Waals surface area (Å²) in [6.45, 7) is 4.56. The van der Waals surface area contributed by atoms with Crippen LogP contribution < -0.4 is 10.4 Å². The molecule has 0 heterocycles. The van der Waals surface area contributed by atoms with Gasteiger partial charge in [0.1, 0.15) is 0 Å². The van der Waals surface area contributed by atoms with Crippen molar-refractivity contribution in [3.8, 4) is 11.1 Å². The number of allylic oxidation sites excluding steroid dienone is 2. The summed E-state index contributed by atoms with van der Waals surface area (Å²) in [5.41, 5.74) is 5.55. The van der Waals surface area contributed by atoms with Crippen LogP contribution in [0, 0.1) is 5.92 Å². The van der Waals surface area contributed by atoms with Gasteiger partial charge in [-0.1, -0.05) is 81.7 Å². The van der Waals surface area contributed by atoms with E-state index < -0.39 is 0 Å². The summed E-state index contributed by atoms with van der Waals surface area (Å²) in [4.78, 5) is 0. The molecule has 1 saturated carbocycles. The number of hydrogen-bond donors (Lipinski definition) is 0. The van der Waals surface area contributed by atoms with Gasteiger partial charge < -0.3 is 0 Å². The van der Waals surface area contributed by atoms with Crippen molar-refractivity contribution in [3.63, 3.8) is 0 Å². The predicted octanol–water partition coefficient (Wildman–Crippen LogP) is 5.95. The van der Waals surface area contributed by atoms with E-state index in [2.05, 4.69) is 74.5 Å². The lowest BCUT2D eigenvalue weighted by Crippen LogP contribution is -2.22. The van der Waals surface area contributed by atoms with Crippen molar-refractivity contribution in [1.29, 1.82) is 0 Å². The van der Waals surface area contributed by atoms with E-state index in [1.54, 1.807) is 0 Å². The van der Waals surface area contributed by atoms with Gasteiger partial charge in [0, 0.05) is 0 Å². The van der Waals surface area contributed by atoms with Crippen molar-refractivity contribution in [2.24, 2.45) is 5.92 Å². The Bertz CT molecular complexity index is 906. The summed E-state index contributed by atoms with van der Waals surface area (Å²) in [6.07, 6.45) is 15.4. The van der Waals surface area contributed by atoms with Crippen LogP contribution in [0.4, 0.5) is 0 Å². The van der Waals surface area contributed by atoms with Gasteiger partial charge in [0.05, 0.1) is 0 Å². The van der Waals surface area contributed by atoms with Crippen LogP contribution in [0.2, 0.25) is 0 Å². The van der Waals surface area contributed by atoms with Crippen molar-refractivity contribution in [2.45, 2.75) is 58.3 Å². The van der Waals surface area contributed by atoms with E-state index in [9.17, 15) is 0 Å². The molecule has 0 bridgehead atoms. The molecule has 0 aliphatic heterocycles. The van der Waals surface area contributed by atoms with Gasteiger partial charge in [0.2, 0.25) is 0 Å². The molecule has 1 atom stereocenters. The normalized spacial score (nSPS) is 19.7. The standard InChI is InChI=1S/C26H30/c1-3-19(2)22-12-14-23(15-13-22)25-11-7-10-24-17-21(18-26(24)25)16-20-8-5-4-6-9-20/h7,10-20H,3-6,8-9H2,1-2H3. The van der Waals surface area contributed by atoms with Crippen molar-refractivity contribution in [1.82, 2.24) is 0 Å². The van der Waals surface area contributed by atoms with Crippen LogP contribution in [0.1, 0.15) is 63.9 Å². The van der Waals surface area contributed by atoms with Crippen LogP contribution in [0.15, 0.2) is 54.1 Å². The van der Waals surface area contributed by atoms with E-state index in [4.69, 9.17) is 0 Å². The summed E-state index contributed by atoms with van der Waals surface area (Å²) >= 11 is 0. The van der Waals surface area contributed by atoms with Gasteiger partial charge in [-0.2, -0.15) is 0 Å². The van der Waals surface area contributed by atoms with Crippen LogP contribution in [-0.4, -0.2) is 0 Å². The highest BCUT2D eigenvalue weighted by Crippen LogP contribution is 2.27. The van der Waals surface area contributed by atoms with E-state index >= 15 is 0 Å². The Morgan fingerprint density at radius 1 is 0.962 bits per heavy atom. The molecule has 1 unspecified atom stereocenters. The van der Waals surface area contributed by atoms with E-state index in [-0.39, 0.29) is 0 Å². The molecule has 0 heteroatoms. The zero-order valence-corrected chi connectivity index (χ0v) is 16.2. The maximum atomic E-state index is 2.52. The lowest BCUT2D eigenvalue weighted by atomic mass is 9.88. The first-order chi connectivity index (χ1) is 12.7. The zero-order valence-electron chi connectivity index (χ0n) is 16.2. The summed E-state index contributed by atoms with van der Waals surface area (Å²) < 4.78 is 0. The number of hydrogen-bond acceptors (Lipinski definition) is 0. The molecule has 0 saturated heterocycles. The second-order valence-corrected chi connectivity index (χ2v) is 8.09. The molecule has 134 valence electrons. The minimum atomic E-state index is 0.635. The molecule has 0 radical (unpaired) electrons. The molecule has 2 aliphatic carbocycles. The maximum absolute atomic E-state index is 2.52. The minimum Gasteiger partial charge on any atom is -0.0741 e. The van der Waals surface area contributed by atoms with Crippen molar-refractivity contribution in [3.05, 3.63) is 70.1 Å². The van der Waals surface area contributed by atoms with Crippen LogP contribution in [-0.2, 0) is 0 Å². The van der Waals surface area contributed by atoms with Crippen molar-refractivity contribution < 1.29 is 0 Å². The molecule has 2 aromatic rings. The van der Waals surface area contributed by atoms with Gasteiger partial charge in [0.15, 0.2) is 0 Å². The third-order valence-corrected chi connectivity index (χ3v) is 6.25. The largest absolute Gasteiger partial charge is 0.0741 e. The Morgan fingerprint density at radius 3 is 2.46 bits per heavy atom. The Labute approximate surface area is 158 Å².